The molecule has 1 atom stereocenters. The molecule has 0 saturated carbocycles. The summed E-state index contributed by atoms with van der Waals surface area (Å²) in [5.41, 5.74) is 0. The SMILES string of the molecule is CC/C=C\C/C=C\C/C=C\CCCCCCCCCC(=O)OC(COC(=O)CCCCCCC/C=C\CCCCCCCCC)COC(=O)CCCCCCCCCCCCCCC/C=C\C/C=C\CCCCCCC. The van der Waals surface area contributed by atoms with Crippen molar-refractivity contribution in [2.75, 3.05) is 13.2 Å². The summed E-state index contributed by atoms with van der Waals surface area (Å²) in [4.78, 5) is 38.4. The summed E-state index contributed by atoms with van der Waals surface area (Å²) in [6.07, 6.45) is 83.4. The first-order chi connectivity index (χ1) is 37.5. The van der Waals surface area contributed by atoms with Gasteiger partial charge in [-0.25, -0.2) is 0 Å². The van der Waals surface area contributed by atoms with Crippen LogP contribution in [0.15, 0.2) is 72.9 Å². The molecule has 1 unspecified atom stereocenters. The fourth-order valence-corrected chi connectivity index (χ4v) is 9.48. The Hall–Kier alpha value is -3.15. The number of esters is 3. The average molecular weight is 1060 g/mol. The zero-order valence-electron chi connectivity index (χ0n) is 50.5. The molecule has 0 aliphatic heterocycles. The van der Waals surface area contributed by atoms with Gasteiger partial charge >= 0.3 is 17.9 Å². The first kappa shape index (κ1) is 72.8. The summed E-state index contributed by atoms with van der Waals surface area (Å²) in [5, 5.41) is 0. The van der Waals surface area contributed by atoms with Crippen molar-refractivity contribution < 1.29 is 28.6 Å². The van der Waals surface area contributed by atoms with E-state index >= 15 is 0 Å². The molecule has 6 heteroatoms. The first-order valence-corrected chi connectivity index (χ1v) is 32.9. The quantitative estimate of drug-likeness (QED) is 0.0261. The predicted octanol–water partition coefficient (Wildman–Crippen LogP) is 22.5. The molecule has 0 saturated heterocycles. The lowest BCUT2D eigenvalue weighted by Crippen LogP contribution is -2.30. The minimum Gasteiger partial charge on any atom is -0.462 e. The van der Waals surface area contributed by atoms with Gasteiger partial charge in [0.25, 0.3) is 0 Å². The Labute approximate surface area is 472 Å². The molecule has 0 aromatic heterocycles. The molecule has 0 spiro atoms. The molecule has 440 valence electrons. The van der Waals surface area contributed by atoms with E-state index in [2.05, 4.69) is 93.7 Å². The van der Waals surface area contributed by atoms with Crippen LogP contribution in [0.25, 0.3) is 0 Å². The lowest BCUT2D eigenvalue weighted by atomic mass is 10.0. The summed E-state index contributed by atoms with van der Waals surface area (Å²) in [7, 11) is 0. The summed E-state index contributed by atoms with van der Waals surface area (Å²) in [5.74, 6) is -0.884. The highest BCUT2D eigenvalue weighted by Crippen LogP contribution is 2.17. The van der Waals surface area contributed by atoms with E-state index in [0.29, 0.717) is 19.3 Å². The van der Waals surface area contributed by atoms with Crippen LogP contribution >= 0.6 is 0 Å². The number of rotatable bonds is 60. The van der Waals surface area contributed by atoms with E-state index in [0.717, 1.165) is 96.3 Å². The third-order valence-electron chi connectivity index (χ3n) is 14.4. The molecule has 0 radical (unpaired) electrons. The summed E-state index contributed by atoms with van der Waals surface area (Å²) in [6.45, 7) is 6.54. The lowest BCUT2D eigenvalue weighted by molar-refractivity contribution is -0.167. The summed E-state index contributed by atoms with van der Waals surface area (Å²) >= 11 is 0. The van der Waals surface area contributed by atoms with Crippen molar-refractivity contribution in [1.82, 2.24) is 0 Å². The van der Waals surface area contributed by atoms with Crippen molar-refractivity contribution in [3.63, 3.8) is 0 Å². The van der Waals surface area contributed by atoms with Crippen LogP contribution < -0.4 is 0 Å². The Bertz CT molecular complexity index is 1400. The maximum atomic E-state index is 12.9. The van der Waals surface area contributed by atoms with E-state index < -0.39 is 6.10 Å². The van der Waals surface area contributed by atoms with E-state index in [4.69, 9.17) is 14.2 Å². The topological polar surface area (TPSA) is 78.9 Å². The number of hydrogen-bond donors (Lipinski definition) is 0. The van der Waals surface area contributed by atoms with Crippen LogP contribution in [-0.2, 0) is 28.6 Å². The van der Waals surface area contributed by atoms with Crippen LogP contribution in [0.2, 0.25) is 0 Å². The second kappa shape index (κ2) is 64.4. The Kier molecular flexibility index (Phi) is 61.7. The van der Waals surface area contributed by atoms with Crippen LogP contribution in [-0.4, -0.2) is 37.2 Å². The van der Waals surface area contributed by atoms with E-state index in [1.807, 2.05) is 0 Å². The Balaban J connectivity index is 4.32. The minimum absolute atomic E-state index is 0.0807. The third kappa shape index (κ3) is 61.7. The lowest BCUT2D eigenvalue weighted by Gasteiger charge is -2.18. The van der Waals surface area contributed by atoms with Crippen molar-refractivity contribution in [3.05, 3.63) is 72.9 Å². The van der Waals surface area contributed by atoms with Gasteiger partial charge < -0.3 is 14.2 Å². The second-order valence-electron chi connectivity index (χ2n) is 22.0. The normalized spacial score (nSPS) is 12.5. The van der Waals surface area contributed by atoms with Gasteiger partial charge in [-0.3, -0.25) is 14.4 Å². The van der Waals surface area contributed by atoms with Gasteiger partial charge in [-0.1, -0.05) is 280 Å². The number of allylic oxidation sites excluding steroid dienone is 12. The molecule has 0 aliphatic rings. The van der Waals surface area contributed by atoms with Gasteiger partial charge in [-0.15, -0.1) is 0 Å². The molecule has 6 nitrogen and oxygen atoms in total. The number of unbranched alkanes of at least 4 members (excludes halogenated alkanes) is 37. The van der Waals surface area contributed by atoms with Crippen LogP contribution in [0.5, 0.6) is 0 Å². The number of carbonyl (C=O) groups is 3. The van der Waals surface area contributed by atoms with Gasteiger partial charge in [0.15, 0.2) is 6.10 Å². The van der Waals surface area contributed by atoms with Gasteiger partial charge in [-0.2, -0.15) is 0 Å². The average Bonchev–Trinajstić information content (AvgIpc) is 3.42. The predicted molar refractivity (Wildman–Crippen MR) is 330 cm³/mol. The molecule has 0 aromatic carbocycles. The second-order valence-corrected chi connectivity index (χ2v) is 22.0. The smallest absolute Gasteiger partial charge is 0.306 e. The number of hydrogen-bond acceptors (Lipinski definition) is 6. The van der Waals surface area contributed by atoms with Crippen LogP contribution in [0, 0.1) is 0 Å². The minimum atomic E-state index is -0.785. The third-order valence-corrected chi connectivity index (χ3v) is 14.4. The first-order valence-electron chi connectivity index (χ1n) is 32.9. The Morgan fingerprint density at radius 1 is 0.276 bits per heavy atom. The Morgan fingerprint density at radius 2 is 0.513 bits per heavy atom. The molecule has 0 N–H and O–H groups in total. The summed E-state index contributed by atoms with van der Waals surface area (Å²) in [6, 6.07) is 0. The zero-order chi connectivity index (χ0) is 55.0. The van der Waals surface area contributed by atoms with Gasteiger partial charge in [0.1, 0.15) is 13.2 Å². The molecule has 0 amide bonds. The largest absolute Gasteiger partial charge is 0.462 e. The van der Waals surface area contributed by atoms with E-state index in [1.165, 1.54) is 199 Å². The molecule has 0 aromatic rings. The standard InChI is InChI=1S/C70H124O6/c1-4-7-10-13-16-19-22-25-28-31-32-33-34-35-36-37-38-40-42-45-48-51-54-57-60-63-69(72)75-66-67(65-74-68(71)62-59-56-53-50-47-44-41-30-27-24-21-18-15-12-9-6-3)76-70(73)64-61-58-55-52-49-46-43-39-29-26-23-20-17-14-11-8-5-2/h8,11,17,20,22,25-26,29-32,41,67H,4-7,9-10,12-16,18-19,21,23-24,27-28,33-40,42-66H2,1-3H3/b11-8-,20-17-,25-22-,29-26-,32-31-,41-30-. The Morgan fingerprint density at radius 3 is 0.816 bits per heavy atom. The van der Waals surface area contributed by atoms with Gasteiger partial charge in [-0.05, 0) is 109 Å². The number of carbonyl (C=O) groups excluding carboxylic acids is 3. The highest BCUT2D eigenvalue weighted by Gasteiger charge is 2.19. The van der Waals surface area contributed by atoms with Crippen molar-refractivity contribution in [2.45, 2.75) is 341 Å². The molecule has 0 rings (SSSR count). The van der Waals surface area contributed by atoms with Gasteiger partial charge in [0.2, 0.25) is 0 Å². The van der Waals surface area contributed by atoms with E-state index in [1.54, 1.807) is 0 Å². The van der Waals surface area contributed by atoms with Crippen molar-refractivity contribution in [2.24, 2.45) is 0 Å². The van der Waals surface area contributed by atoms with Gasteiger partial charge in [0, 0.05) is 19.3 Å². The molecular weight excluding hydrogens is 937 g/mol. The van der Waals surface area contributed by atoms with Crippen molar-refractivity contribution in [1.29, 1.82) is 0 Å². The fourth-order valence-electron chi connectivity index (χ4n) is 9.48. The van der Waals surface area contributed by atoms with E-state index in [9.17, 15) is 14.4 Å². The monoisotopic (exact) mass is 1060 g/mol. The van der Waals surface area contributed by atoms with Crippen molar-refractivity contribution >= 4 is 17.9 Å². The van der Waals surface area contributed by atoms with Crippen LogP contribution in [0.3, 0.4) is 0 Å². The van der Waals surface area contributed by atoms with Crippen molar-refractivity contribution in [3.8, 4) is 0 Å². The highest BCUT2D eigenvalue weighted by molar-refractivity contribution is 5.71. The number of ether oxygens (including phenoxy) is 3. The molecule has 76 heavy (non-hydrogen) atoms. The van der Waals surface area contributed by atoms with Gasteiger partial charge in [0.05, 0.1) is 0 Å². The molecule has 0 heterocycles. The summed E-state index contributed by atoms with van der Waals surface area (Å²) < 4.78 is 16.9. The maximum Gasteiger partial charge on any atom is 0.306 e. The highest BCUT2D eigenvalue weighted by atomic mass is 16.6. The molecular formula is C70H124O6. The molecule has 0 fully saturated rings. The van der Waals surface area contributed by atoms with E-state index in [-0.39, 0.29) is 31.1 Å². The maximum absolute atomic E-state index is 12.9. The van der Waals surface area contributed by atoms with Crippen LogP contribution in [0.1, 0.15) is 335 Å². The zero-order valence-corrected chi connectivity index (χ0v) is 50.5. The van der Waals surface area contributed by atoms with Crippen LogP contribution in [0.4, 0.5) is 0 Å². The fraction of sp³-hybridized carbons (Fsp3) is 0.786. The molecule has 0 bridgehead atoms. The molecule has 0 aliphatic carbocycles.